The molecule has 0 saturated carbocycles. The molecule has 0 aliphatic heterocycles. The first-order valence-corrected chi connectivity index (χ1v) is 6.51. The van der Waals surface area contributed by atoms with Crippen LogP contribution in [0.4, 0.5) is 11.4 Å². The molecule has 0 saturated heterocycles. The van der Waals surface area contributed by atoms with E-state index in [0.29, 0.717) is 22.5 Å². The van der Waals surface area contributed by atoms with Gasteiger partial charge in [-0.2, -0.15) is 0 Å². The van der Waals surface area contributed by atoms with Crippen molar-refractivity contribution in [2.45, 2.75) is 6.92 Å². The topological polar surface area (TPSA) is 84.2 Å². The third-order valence-electron chi connectivity index (χ3n) is 3.13. The molecule has 5 heteroatoms. The van der Waals surface area contributed by atoms with Gasteiger partial charge < -0.3 is 16.4 Å². The highest BCUT2D eigenvalue weighted by Gasteiger charge is 2.10. The van der Waals surface area contributed by atoms with E-state index >= 15 is 0 Å². The lowest BCUT2D eigenvalue weighted by Gasteiger charge is -2.09. The number of hydrogen-bond acceptors (Lipinski definition) is 3. The molecule has 0 unspecified atom stereocenters. The van der Waals surface area contributed by atoms with Crippen LogP contribution in [0.25, 0.3) is 0 Å². The molecule has 0 aliphatic rings. The van der Waals surface area contributed by atoms with Crippen LogP contribution in [0.15, 0.2) is 42.5 Å². The molecule has 2 amide bonds. The number of hydrogen-bond donors (Lipinski definition) is 3. The third-order valence-corrected chi connectivity index (χ3v) is 3.13. The fraction of sp³-hybridized carbons (Fsp3) is 0.125. The summed E-state index contributed by atoms with van der Waals surface area (Å²) in [6, 6.07) is 11.8. The van der Waals surface area contributed by atoms with Gasteiger partial charge in [0.15, 0.2) is 0 Å². The molecule has 0 spiro atoms. The van der Waals surface area contributed by atoms with Crippen LogP contribution in [0.1, 0.15) is 26.3 Å². The van der Waals surface area contributed by atoms with Gasteiger partial charge >= 0.3 is 0 Å². The summed E-state index contributed by atoms with van der Waals surface area (Å²) in [7, 11) is 1.57. The van der Waals surface area contributed by atoms with Gasteiger partial charge in [-0.1, -0.05) is 0 Å². The summed E-state index contributed by atoms with van der Waals surface area (Å²) in [4.78, 5) is 23.6. The average molecular weight is 283 g/mol. The first-order valence-electron chi connectivity index (χ1n) is 6.51. The van der Waals surface area contributed by atoms with Crippen LogP contribution < -0.4 is 16.4 Å². The van der Waals surface area contributed by atoms with Gasteiger partial charge in [0.05, 0.1) is 0 Å². The summed E-state index contributed by atoms with van der Waals surface area (Å²) in [5.41, 5.74) is 8.85. The van der Waals surface area contributed by atoms with Crippen molar-refractivity contribution in [1.82, 2.24) is 5.32 Å². The van der Waals surface area contributed by atoms with Crippen LogP contribution in [-0.2, 0) is 0 Å². The Morgan fingerprint density at radius 1 is 1.00 bits per heavy atom. The number of benzene rings is 2. The summed E-state index contributed by atoms with van der Waals surface area (Å²) < 4.78 is 0. The number of nitrogens with two attached hydrogens (primary N) is 1. The number of carbonyl (C=O) groups excluding carboxylic acids is 2. The minimum Gasteiger partial charge on any atom is -0.399 e. The number of nitrogens with one attached hydrogen (secondary N) is 2. The summed E-state index contributed by atoms with van der Waals surface area (Å²) in [5, 5.41) is 5.33. The standard InChI is InChI=1S/C16H17N3O2/c1-10-9-12(17)5-8-14(10)16(21)19-13-6-3-11(4-7-13)15(20)18-2/h3-9H,17H2,1-2H3,(H,18,20)(H,19,21). The lowest BCUT2D eigenvalue weighted by molar-refractivity contribution is 0.0962. The number of carbonyl (C=O) groups is 2. The predicted octanol–water partition coefficient (Wildman–Crippen LogP) is 2.19. The van der Waals surface area contributed by atoms with Gasteiger partial charge in [-0.05, 0) is 55.0 Å². The number of amides is 2. The molecule has 2 aromatic rings. The number of anilines is 2. The zero-order valence-corrected chi connectivity index (χ0v) is 11.9. The Kier molecular flexibility index (Phi) is 4.23. The lowest BCUT2D eigenvalue weighted by atomic mass is 10.1. The van der Waals surface area contributed by atoms with E-state index in [9.17, 15) is 9.59 Å². The summed E-state index contributed by atoms with van der Waals surface area (Å²) in [6.07, 6.45) is 0. The van der Waals surface area contributed by atoms with Crippen LogP contribution in [0.2, 0.25) is 0 Å². The van der Waals surface area contributed by atoms with E-state index in [1.807, 2.05) is 6.92 Å². The molecule has 0 fully saturated rings. The SMILES string of the molecule is CNC(=O)c1ccc(NC(=O)c2ccc(N)cc2C)cc1. The van der Waals surface area contributed by atoms with Crippen molar-refractivity contribution in [3.8, 4) is 0 Å². The monoisotopic (exact) mass is 283 g/mol. The summed E-state index contributed by atoms with van der Waals surface area (Å²) in [5.74, 6) is -0.373. The quantitative estimate of drug-likeness (QED) is 0.755. The van der Waals surface area contributed by atoms with Crippen LogP contribution >= 0.6 is 0 Å². The van der Waals surface area contributed by atoms with Crippen LogP contribution in [0.3, 0.4) is 0 Å². The Labute approximate surface area is 123 Å². The Morgan fingerprint density at radius 2 is 1.67 bits per heavy atom. The number of aryl methyl sites for hydroxylation is 1. The van der Waals surface area contributed by atoms with E-state index in [2.05, 4.69) is 10.6 Å². The molecule has 2 rings (SSSR count). The molecule has 21 heavy (non-hydrogen) atoms. The predicted molar refractivity (Wildman–Crippen MR) is 83.4 cm³/mol. The Morgan fingerprint density at radius 3 is 2.24 bits per heavy atom. The number of nitrogen functional groups attached to an aromatic ring is 1. The highest BCUT2D eigenvalue weighted by molar-refractivity contribution is 6.05. The molecule has 108 valence electrons. The van der Waals surface area contributed by atoms with Crippen LogP contribution in [0.5, 0.6) is 0 Å². The fourth-order valence-electron chi connectivity index (χ4n) is 1.99. The van der Waals surface area contributed by atoms with Crippen molar-refractivity contribution in [2.24, 2.45) is 0 Å². The maximum atomic E-state index is 12.2. The van der Waals surface area contributed by atoms with Gasteiger partial charge in [0.25, 0.3) is 11.8 Å². The highest BCUT2D eigenvalue weighted by Crippen LogP contribution is 2.16. The van der Waals surface area contributed by atoms with Crippen molar-refractivity contribution >= 4 is 23.2 Å². The Bertz CT molecular complexity index is 678. The van der Waals surface area contributed by atoms with Crippen molar-refractivity contribution < 1.29 is 9.59 Å². The zero-order valence-electron chi connectivity index (χ0n) is 11.9. The van der Waals surface area contributed by atoms with E-state index in [1.54, 1.807) is 49.5 Å². The molecule has 0 aromatic heterocycles. The molecule has 2 aromatic carbocycles. The van der Waals surface area contributed by atoms with E-state index in [1.165, 1.54) is 0 Å². The molecular weight excluding hydrogens is 266 g/mol. The first-order chi connectivity index (χ1) is 10.0. The van der Waals surface area contributed by atoms with Crippen molar-refractivity contribution in [3.63, 3.8) is 0 Å². The maximum Gasteiger partial charge on any atom is 0.255 e. The summed E-state index contributed by atoms with van der Waals surface area (Å²) >= 11 is 0. The second kappa shape index (κ2) is 6.09. The van der Waals surface area contributed by atoms with Crippen LogP contribution in [0, 0.1) is 6.92 Å². The molecule has 5 nitrogen and oxygen atoms in total. The molecule has 0 radical (unpaired) electrons. The van der Waals surface area contributed by atoms with Gasteiger partial charge in [-0.3, -0.25) is 9.59 Å². The molecule has 0 bridgehead atoms. The van der Waals surface area contributed by atoms with Gasteiger partial charge in [0, 0.05) is 29.5 Å². The number of rotatable bonds is 3. The van der Waals surface area contributed by atoms with Crippen LogP contribution in [-0.4, -0.2) is 18.9 Å². The Hall–Kier alpha value is -2.82. The normalized spacial score (nSPS) is 10.0. The molecule has 0 aliphatic carbocycles. The van der Waals surface area contributed by atoms with E-state index in [0.717, 1.165) is 5.56 Å². The second-order valence-corrected chi connectivity index (χ2v) is 4.68. The largest absolute Gasteiger partial charge is 0.399 e. The molecule has 4 N–H and O–H groups in total. The zero-order chi connectivity index (χ0) is 15.4. The molecule has 0 atom stereocenters. The first kappa shape index (κ1) is 14.6. The van der Waals surface area contributed by atoms with Crippen molar-refractivity contribution in [2.75, 3.05) is 18.1 Å². The second-order valence-electron chi connectivity index (χ2n) is 4.68. The lowest BCUT2D eigenvalue weighted by Crippen LogP contribution is -2.18. The van der Waals surface area contributed by atoms with Gasteiger partial charge in [-0.15, -0.1) is 0 Å². The minimum atomic E-state index is -0.208. The van der Waals surface area contributed by atoms with E-state index in [4.69, 9.17) is 5.73 Å². The van der Waals surface area contributed by atoms with E-state index in [-0.39, 0.29) is 11.8 Å². The fourth-order valence-corrected chi connectivity index (χ4v) is 1.99. The maximum absolute atomic E-state index is 12.2. The third kappa shape index (κ3) is 3.39. The Balaban J connectivity index is 2.14. The van der Waals surface area contributed by atoms with Crippen molar-refractivity contribution in [1.29, 1.82) is 0 Å². The summed E-state index contributed by atoms with van der Waals surface area (Å²) in [6.45, 7) is 1.83. The highest BCUT2D eigenvalue weighted by atomic mass is 16.2. The van der Waals surface area contributed by atoms with Crippen molar-refractivity contribution in [3.05, 3.63) is 59.2 Å². The molecule has 0 heterocycles. The average Bonchev–Trinajstić information content (AvgIpc) is 2.47. The van der Waals surface area contributed by atoms with Gasteiger partial charge in [-0.25, -0.2) is 0 Å². The van der Waals surface area contributed by atoms with Gasteiger partial charge in [0.1, 0.15) is 0 Å². The molecular formula is C16H17N3O2. The van der Waals surface area contributed by atoms with E-state index < -0.39 is 0 Å². The minimum absolute atomic E-state index is 0.165. The van der Waals surface area contributed by atoms with Gasteiger partial charge in [0.2, 0.25) is 0 Å². The smallest absolute Gasteiger partial charge is 0.255 e.